The minimum Gasteiger partial charge on any atom is -0.373 e. The summed E-state index contributed by atoms with van der Waals surface area (Å²) in [6.07, 6.45) is 7.40. The first kappa shape index (κ1) is 13.2. The third kappa shape index (κ3) is 2.77. The smallest absolute Gasteiger partial charge is 0.252 e. The molecule has 1 amide bonds. The third-order valence-electron chi connectivity index (χ3n) is 3.55. The van der Waals surface area contributed by atoms with Crippen molar-refractivity contribution in [2.24, 2.45) is 0 Å². The number of nitrogens with zero attached hydrogens (tertiary/aromatic N) is 1. The van der Waals surface area contributed by atoms with Crippen LogP contribution >= 0.6 is 11.8 Å². The molecule has 1 saturated carbocycles. The molecule has 1 aliphatic carbocycles. The topological polar surface area (TPSA) is 54.0 Å². The number of thioether (sulfide) groups is 1. The van der Waals surface area contributed by atoms with Crippen molar-refractivity contribution in [2.45, 2.75) is 24.0 Å². The van der Waals surface area contributed by atoms with Gasteiger partial charge < -0.3 is 10.6 Å². The lowest BCUT2D eigenvalue weighted by atomic mass is 9.84. The lowest BCUT2D eigenvalue weighted by Gasteiger charge is -2.40. The van der Waals surface area contributed by atoms with Crippen LogP contribution in [0.5, 0.6) is 0 Å². The predicted octanol–water partition coefficient (Wildman–Crippen LogP) is 2.14. The molecule has 98 valence electrons. The van der Waals surface area contributed by atoms with E-state index >= 15 is 0 Å². The summed E-state index contributed by atoms with van der Waals surface area (Å²) in [5.74, 6) is 0.733. The highest BCUT2D eigenvalue weighted by molar-refractivity contribution is 8.00. The average Bonchev–Trinajstić information content (AvgIpc) is 2.38. The summed E-state index contributed by atoms with van der Waals surface area (Å²) < 4.78 is 0.272. The Kier molecular flexibility index (Phi) is 4.11. The second kappa shape index (κ2) is 5.61. The van der Waals surface area contributed by atoms with Crippen molar-refractivity contribution >= 4 is 23.5 Å². The molecule has 1 heterocycles. The van der Waals surface area contributed by atoms with Gasteiger partial charge in [0.25, 0.3) is 5.91 Å². The molecule has 2 N–H and O–H groups in total. The van der Waals surface area contributed by atoms with Gasteiger partial charge in [-0.05, 0) is 31.2 Å². The van der Waals surface area contributed by atoms with Gasteiger partial charge in [0, 0.05) is 24.5 Å². The Morgan fingerprint density at radius 2 is 2.28 bits per heavy atom. The van der Waals surface area contributed by atoms with Crippen LogP contribution < -0.4 is 10.6 Å². The molecule has 1 aromatic rings. The van der Waals surface area contributed by atoms with E-state index in [0.717, 1.165) is 12.4 Å². The van der Waals surface area contributed by atoms with E-state index in [9.17, 15) is 4.79 Å². The minimum atomic E-state index is -0.0366. The molecule has 0 bridgehead atoms. The number of hydrogen-bond acceptors (Lipinski definition) is 4. The van der Waals surface area contributed by atoms with Crippen LogP contribution in [0.2, 0.25) is 0 Å². The van der Waals surface area contributed by atoms with E-state index < -0.39 is 0 Å². The maximum atomic E-state index is 12.0. The first-order valence-corrected chi connectivity index (χ1v) is 7.39. The summed E-state index contributed by atoms with van der Waals surface area (Å²) in [7, 11) is 1.81. The van der Waals surface area contributed by atoms with Crippen molar-refractivity contribution in [3.63, 3.8) is 0 Å². The fourth-order valence-corrected chi connectivity index (χ4v) is 2.96. The van der Waals surface area contributed by atoms with Crippen LogP contribution in [0.25, 0.3) is 0 Å². The number of nitrogens with one attached hydrogen (secondary N) is 2. The van der Waals surface area contributed by atoms with Crippen LogP contribution in [0, 0.1) is 0 Å². The van der Waals surface area contributed by atoms with E-state index in [2.05, 4.69) is 21.9 Å². The zero-order valence-corrected chi connectivity index (χ0v) is 11.6. The van der Waals surface area contributed by atoms with Gasteiger partial charge in [-0.15, -0.1) is 0 Å². The normalized spacial score (nSPS) is 16.8. The molecule has 5 heteroatoms. The molecule has 2 rings (SSSR count). The fraction of sp³-hybridized carbons (Fsp3) is 0.538. The van der Waals surface area contributed by atoms with Gasteiger partial charge in [0.15, 0.2) is 0 Å². The second-order valence-electron chi connectivity index (χ2n) is 4.61. The lowest BCUT2D eigenvalue weighted by Crippen LogP contribution is -2.45. The number of amides is 1. The first-order valence-electron chi connectivity index (χ1n) is 6.16. The van der Waals surface area contributed by atoms with E-state index in [1.54, 1.807) is 19.3 Å². The van der Waals surface area contributed by atoms with Crippen molar-refractivity contribution in [3.05, 3.63) is 23.9 Å². The van der Waals surface area contributed by atoms with E-state index in [1.165, 1.54) is 19.3 Å². The Labute approximate surface area is 112 Å². The van der Waals surface area contributed by atoms with Gasteiger partial charge in [-0.25, -0.2) is 4.98 Å². The third-order valence-corrected chi connectivity index (χ3v) is 4.97. The molecule has 0 saturated heterocycles. The van der Waals surface area contributed by atoms with Gasteiger partial charge in [0.1, 0.15) is 5.82 Å². The largest absolute Gasteiger partial charge is 0.373 e. The van der Waals surface area contributed by atoms with Gasteiger partial charge in [0.05, 0.1) is 5.56 Å². The molecule has 18 heavy (non-hydrogen) atoms. The fourth-order valence-electron chi connectivity index (χ4n) is 2.04. The highest BCUT2D eigenvalue weighted by Gasteiger charge is 2.36. The van der Waals surface area contributed by atoms with Gasteiger partial charge in [-0.2, -0.15) is 11.8 Å². The predicted molar refractivity (Wildman–Crippen MR) is 76.2 cm³/mol. The zero-order valence-electron chi connectivity index (χ0n) is 10.8. The molecule has 0 aliphatic heterocycles. The maximum Gasteiger partial charge on any atom is 0.252 e. The van der Waals surface area contributed by atoms with Crippen molar-refractivity contribution in [1.29, 1.82) is 0 Å². The van der Waals surface area contributed by atoms with Crippen molar-refractivity contribution < 1.29 is 4.79 Å². The van der Waals surface area contributed by atoms with E-state index in [-0.39, 0.29) is 10.7 Å². The van der Waals surface area contributed by atoms with Crippen LogP contribution in [-0.2, 0) is 0 Å². The summed E-state index contributed by atoms with van der Waals surface area (Å²) in [5.41, 5.74) is 0.615. The molecule has 1 aromatic heterocycles. The van der Waals surface area contributed by atoms with Gasteiger partial charge >= 0.3 is 0 Å². The quantitative estimate of drug-likeness (QED) is 0.856. The zero-order chi connectivity index (χ0) is 13.0. The first-order chi connectivity index (χ1) is 8.69. The molecule has 0 aromatic carbocycles. The molecule has 0 spiro atoms. The van der Waals surface area contributed by atoms with E-state index in [1.807, 2.05) is 17.8 Å². The number of pyridine rings is 1. The molecule has 0 radical (unpaired) electrons. The summed E-state index contributed by atoms with van der Waals surface area (Å²) in [4.78, 5) is 16.1. The monoisotopic (exact) mass is 265 g/mol. The maximum absolute atomic E-state index is 12.0. The van der Waals surface area contributed by atoms with Crippen LogP contribution in [-0.4, -0.2) is 35.5 Å². The molecular formula is C13H19N3OS. The number of carbonyl (C=O) groups excluding carboxylic acids is 1. The second-order valence-corrected chi connectivity index (χ2v) is 5.88. The van der Waals surface area contributed by atoms with E-state index in [4.69, 9.17) is 0 Å². The summed E-state index contributed by atoms with van der Waals surface area (Å²) in [5, 5.41) is 5.94. The Hall–Kier alpha value is -1.23. The molecule has 4 nitrogen and oxygen atoms in total. The molecule has 1 fully saturated rings. The van der Waals surface area contributed by atoms with E-state index in [0.29, 0.717) is 5.56 Å². The van der Waals surface area contributed by atoms with Crippen molar-refractivity contribution in [3.8, 4) is 0 Å². The Morgan fingerprint density at radius 3 is 2.72 bits per heavy atom. The summed E-state index contributed by atoms with van der Waals surface area (Å²) in [6, 6.07) is 3.60. The van der Waals surface area contributed by atoms with Crippen LogP contribution in [0.4, 0.5) is 5.82 Å². The minimum absolute atomic E-state index is 0.0366. The molecule has 0 unspecified atom stereocenters. The average molecular weight is 265 g/mol. The molecular weight excluding hydrogens is 246 g/mol. The summed E-state index contributed by atoms with van der Waals surface area (Å²) in [6.45, 7) is 0.751. The number of carbonyl (C=O) groups is 1. The molecule has 1 aliphatic rings. The van der Waals surface area contributed by atoms with Crippen LogP contribution in [0.1, 0.15) is 29.6 Å². The molecule has 0 atom stereocenters. The van der Waals surface area contributed by atoms with Gasteiger partial charge in [-0.3, -0.25) is 4.79 Å². The van der Waals surface area contributed by atoms with Crippen molar-refractivity contribution in [2.75, 3.05) is 25.2 Å². The Bertz CT molecular complexity index is 409. The van der Waals surface area contributed by atoms with Crippen LogP contribution in [0.15, 0.2) is 18.3 Å². The summed E-state index contributed by atoms with van der Waals surface area (Å²) >= 11 is 1.86. The van der Waals surface area contributed by atoms with Gasteiger partial charge in [0.2, 0.25) is 0 Å². The Balaban J connectivity index is 1.90. The number of aromatic nitrogens is 1. The SMILES string of the molecule is CNc1ccc(C(=O)NCC2(SC)CCC2)cn1. The highest BCUT2D eigenvalue weighted by Crippen LogP contribution is 2.42. The number of anilines is 1. The standard InChI is InChI=1S/C13H19N3OS/c1-14-11-5-4-10(8-15-11)12(17)16-9-13(18-2)6-3-7-13/h4-5,8H,3,6-7,9H2,1-2H3,(H,14,15)(H,16,17). The highest BCUT2D eigenvalue weighted by atomic mass is 32.2. The number of hydrogen-bond donors (Lipinski definition) is 2. The lowest BCUT2D eigenvalue weighted by molar-refractivity contribution is 0.0943. The Morgan fingerprint density at radius 1 is 1.50 bits per heavy atom. The van der Waals surface area contributed by atoms with Crippen molar-refractivity contribution in [1.82, 2.24) is 10.3 Å². The number of rotatable bonds is 5. The van der Waals surface area contributed by atoms with Crippen LogP contribution in [0.3, 0.4) is 0 Å². The van der Waals surface area contributed by atoms with Gasteiger partial charge in [-0.1, -0.05) is 6.42 Å².